The molecule has 1 N–H and O–H groups in total. The molecule has 1 aliphatic rings. The first-order chi connectivity index (χ1) is 13.1. The van der Waals surface area contributed by atoms with E-state index in [9.17, 15) is 9.18 Å². The number of carbonyl (C=O) groups excluding carboxylic acids is 1. The van der Waals surface area contributed by atoms with Gasteiger partial charge in [-0.05, 0) is 43.7 Å². The highest BCUT2D eigenvalue weighted by molar-refractivity contribution is 5.79. The smallest absolute Gasteiger partial charge is 0.246 e. The molecule has 0 saturated carbocycles. The molecule has 2 atom stereocenters. The number of aryl methyl sites for hydroxylation is 1. The molecule has 140 valence electrons. The van der Waals surface area contributed by atoms with Crippen LogP contribution in [-0.2, 0) is 16.1 Å². The molecule has 8 nitrogen and oxygen atoms in total. The number of rotatable bonds is 5. The number of aromatic nitrogens is 4. The van der Waals surface area contributed by atoms with Gasteiger partial charge in [0.05, 0.1) is 23.8 Å². The summed E-state index contributed by atoms with van der Waals surface area (Å²) in [6.07, 6.45) is 1.78. The van der Waals surface area contributed by atoms with Crippen LogP contribution >= 0.6 is 0 Å². The topological polar surface area (TPSA) is 95.1 Å². The van der Waals surface area contributed by atoms with Crippen molar-refractivity contribution in [1.82, 2.24) is 25.2 Å². The quantitative estimate of drug-likeness (QED) is 0.738. The minimum absolute atomic E-state index is 0.153. The van der Waals surface area contributed by atoms with Crippen LogP contribution in [0.2, 0.25) is 0 Å². The molecule has 4 rings (SSSR count). The Hall–Kier alpha value is -3.07. The van der Waals surface area contributed by atoms with E-state index in [1.807, 2.05) is 0 Å². The van der Waals surface area contributed by atoms with Crippen molar-refractivity contribution >= 4 is 5.91 Å². The summed E-state index contributed by atoms with van der Waals surface area (Å²) >= 11 is 0. The lowest BCUT2D eigenvalue weighted by Crippen LogP contribution is -2.32. The van der Waals surface area contributed by atoms with E-state index in [1.54, 1.807) is 36.0 Å². The summed E-state index contributed by atoms with van der Waals surface area (Å²) in [4.78, 5) is 16.7. The number of benzene rings is 1. The zero-order valence-electron chi connectivity index (χ0n) is 14.6. The molecule has 1 fully saturated rings. The molecule has 1 saturated heterocycles. The Balaban J connectivity index is 1.51. The number of amides is 1. The van der Waals surface area contributed by atoms with Crippen molar-refractivity contribution in [2.24, 2.45) is 5.92 Å². The highest BCUT2D eigenvalue weighted by Gasteiger charge is 2.37. The summed E-state index contributed by atoms with van der Waals surface area (Å²) in [6, 6.07) is 7.81. The van der Waals surface area contributed by atoms with E-state index in [4.69, 9.17) is 9.26 Å². The van der Waals surface area contributed by atoms with Gasteiger partial charge in [-0.15, -0.1) is 0 Å². The van der Waals surface area contributed by atoms with Crippen molar-refractivity contribution in [3.8, 4) is 5.69 Å². The zero-order valence-corrected chi connectivity index (χ0v) is 14.6. The number of hydrogen-bond donors (Lipinski definition) is 1. The first-order valence-electron chi connectivity index (χ1n) is 8.60. The standard InChI is InChI=1S/C18H18FN5O3/c1-11-22-16(27-23-11)10-20-18(25)14-7-9-26-17(14)15-6-8-21-24(15)13-4-2-12(19)3-5-13/h2-6,8,14,17H,7,9-10H2,1H3,(H,20,25)/t14-,17-/m0/s1. The number of carbonyl (C=O) groups is 1. The number of nitrogens with one attached hydrogen (secondary N) is 1. The molecule has 9 heteroatoms. The van der Waals surface area contributed by atoms with Crippen LogP contribution in [0, 0.1) is 18.7 Å². The summed E-state index contributed by atoms with van der Waals surface area (Å²) < 4.78 is 25.7. The molecule has 3 aromatic rings. The average molecular weight is 371 g/mol. The third-order valence-electron chi connectivity index (χ3n) is 4.45. The van der Waals surface area contributed by atoms with Crippen molar-refractivity contribution in [3.05, 3.63) is 59.8 Å². The van der Waals surface area contributed by atoms with Crippen LogP contribution in [0.15, 0.2) is 41.1 Å². The molecule has 27 heavy (non-hydrogen) atoms. The molecular formula is C18H18FN5O3. The molecule has 0 aliphatic carbocycles. The largest absolute Gasteiger partial charge is 0.371 e. The van der Waals surface area contributed by atoms with Crippen molar-refractivity contribution in [2.45, 2.75) is 26.0 Å². The summed E-state index contributed by atoms with van der Waals surface area (Å²) in [5, 5.41) is 10.8. The van der Waals surface area contributed by atoms with Gasteiger partial charge < -0.3 is 14.6 Å². The van der Waals surface area contributed by atoms with E-state index in [-0.39, 0.29) is 24.2 Å². The van der Waals surface area contributed by atoms with Crippen LogP contribution in [0.1, 0.15) is 29.9 Å². The van der Waals surface area contributed by atoms with Gasteiger partial charge in [0, 0.05) is 12.8 Å². The lowest BCUT2D eigenvalue weighted by Gasteiger charge is -2.19. The highest BCUT2D eigenvalue weighted by atomic mass is 19.1. The molecule has 0 radical (unpaired) electrons. The van der Waals surface area contributed by atoms with Gasteiger partial charge in [-0.1, -0.05) is 5.16 Å². The fourth-order valence-electron chi connectivity index (χ4n) is 3.18. The third-order valence-corrected chi connectivity index (χ3v) is 4.45. The van der Waals surface area contributed by atoms with Gasteiger partial charge in [-0.2, -0.15) is 10.1 Å². The molecule has 1 aliphatic heterocycles. The van der Waals surface area contributed by atoms with Gasteiger partial charge in [0.15, 0.2) is 5.82 Å². The monoisotopic (exact) mass is 371 g/mol. The minimum atomic E-state index is -0.443. The average Bonchev–Trinajstić information content (AvgIpc) is 3.40. The second kappa shape index (κ2) is 7.28. The Morgan fingerprint density at radius 3 is 2.89 bits per heavy atom. The molecule has 1 amide bonds. The SMILES string of the molecule is Cc1noc(CNC(=O)[C@H]2CCO[C@@H]2c2ccnn2-c2ccc(F)cc2)n1. The summed E-state index contributed by atoms with van der Waals surface area (Å²) in [6.45, 7) is 2.35. The van der Waals surface area contributed by atoms with Gasteiger partial charge in [0.2, 0.25) is 11.8 Å². The minimum Gasteiger partial charge on any atom is -0.371 e. The van der Waals surface area contributed by atoms with Gasteiger partial charge in [-0.25, -0.2) is 9.07 Å². The van der Waals surface area contributed by atoms with Gasteiger partial charge in [0.25, 0.3) is 0 Å². The molecule has 0 unspecified atom stereocenters. The Morgan fingerprint density at radius 2 is 2.15 bits per heavy atom. The second-order valence-electron chi connectivity index (χ2n) is 6.28. The van der Waals surface area contributed by atoms with Gasteiger partial charge >= 0.3 is 0 Å². The van der Waals surface area contributed by atoms with Crippen LogP contribution in [0.4, 0.5) is 4.39 Å². The highest BCUT2D eigenvalue weighted by Crippen LogP contribution is 2.35. The predicted molar refractivity (Wildman–Crippen MR) is 91.2 cm³/mol. The van der Waals surface area contributed by atoms with E-state index in [0.717, 1.165) is 5.69 Å². The number of halogens is 1. The van der Waals surface area contributed by atoms with Crippen molar-refractivity contribution in [2.75, 3.05) is 6.61 Å². The molecule has 2 aromatic heterocycles. The van der Waals surface area contributed by atoms with Crippen LogP contribution < -0.4 is 5.32 Å². The Labute approximate surface area is 154 Å². The number of nitrogens with zero attached hydrogens (tertiary/aromatic N) is 4. The first kappa shape index (κ1) is 17.3. The lowest BCUT2D eigenvalue weighted by molar-refractivity contribution is -0.127. The Bertz CT molecular complexity index is 937. The number of ether oxygens (including phenoxy) is 1. The van der Waals surface area contributed by atoms with Crippen LogP contribution in [0.3, 0.4) is 0 Å². The summed E-state index contributed by atoms with van der Waals surface area (Å²) in [7, 11) is 0. The van der Waals surface area contributed by atoms with E-state index >= 15 is 0 Å². The lowest BCUT2D eigenvalue weighted by atomic mass is 9.98. The normalized spacial score (nSPS) is 19.3. The zero-order chi connectivity index (χ0) is 18.8. The molecule has 1 aromatic carbocycles. The fourth-order valence-corrected chi connectivity index (χ4v) is 3.18. The van der Waals surface area contributed by atoms with Crippen molar-refractivity contribution in [1.29, 1.82) is 0 Å². The second-order valence-corrected chi connectivity index (χ2v) is 6.28. The van der Waals surface area contributed by atoms with Crippen molar-refractivity contribution < 1.29 is 18.4 Å². The van der Waals surface area contributed by atoms with Gasteiger partial charge in [-0.3, -0.25) is 4.79 Å². The molecule has 3 heterocycles. The Morgan fingerprint density at radius 1 is 1.33 bits per heavy atom. The van der Waals surface area contributed by atoms with E-state index < -0.39 is 6.10 Å². The molecule has 0 bridgehead atoms. The Kier molecular flexibility index (Phi) is 4.68. The number of hydrogen-bond acceptors (Lipinski definition) is 6. The maximum atomic E-state index is 13.2. The summed E-state index contributed by atoms with van der Waals surface area (Å²) in [5.41, 5.74) is 1.44. The van der Waals surface area contributed by atoms with E-state index in [0.29, 0.717) is 30.4 Å². The molecule has 0 spiro atoms. The predicted octanol–water partition coefficient (Wildman–Crippen LogP) is 2.10. The maximum absolute atomic E-state index is 13.2. The van der Waals surface area contributed by atoms with Crippen LogP contribution in [-0.4, -0.2) is 32.4 Å². The van der Waals surface area contributed by atoms with Crippen LogP contribution in [0.25, 0.3) is 5.69 Å². The van der Waals surface area contributed by atoms with Gasteiger partial charge in [0.1, 0.15) is 11.9 Å². The third kappa shape index (κ3) is 3.59. The summed E-state index contributed by atoms with van der Waals surface area (Å²) in [5.74, 6) is 0.0282. The van der Waals surface area contributed by atoms with E-state index in [1.165, 1.54) is 12.1 Å². The fraction of sp³-hybridized carbons (Fsp3) is 0.333. The maximum Gasteiger partial charge on any atom is 0.246 e. The molecular weight excluding hydrogens is 353 g/mol. The van der Waals surface area contributed by atoms with E-state index in [2.05, 4.69) is 20.6 Å². The van der Waals surface area contributed by atoms with Crippen LogP contribution in [0.5, 0.6) is 0 Å². The first-order valence-corrected chi connectivity index (χ1v) is 8.60. The van der Waals surface area contributed by atoms with Crippen molar-refractivity contribution in [3.63, 3.8) is 0 Å².